The van der Waals surface area contributed by atoms with Crippen LogP contribution in [0.5, 0.6) is 5.75 Å². The maximum absolute atomic E-state index is 12.7. The van der Waals surface area contributed by atoms with E-state index < -0.39 is 34.8 Å². The molecule has 0 aliphatic heterocycles. The van der Waals surface area contributed by atoms with Gasteiger partial charge in [-0.15, -0.1) is 0 Å². The van der Waals surface area contributed by atoms with Crippen molar-refractivity contribution in [2.45, 2.75) is 6.92 Å². The van der Waals surface area contributed by atoms with Crippen molar-refractivity contribution in [1.29, 1.82) is 0 Å². The smallest absolute Gasteiger partial charge is 0.206 e. The summed E-state index contributed by atoms with van der Waals surface area (Å²) in [4.78, 5) is 0. The third-order valence-corrected chi connectivity index (χ3v) is 1.46. The molecule has 0 heterocycles. The summed E-state index contributed by atoms with van der Waals surface area (Å²) in [5, 5.41) is 0. The van der Waals surface area contributed by atoms with E-state index in [1.165, 1.54) is 6.92 Å². The highest BCUT2D eigenvalue weighted by atomic mass is 19.2. The molecule has 6 heteroatoms. The van der Waals surface area contributed by atoms with Crippen molar-refractivity contribution in [3.63, 3.8) is 0 Å². The van der Waals surface area contributed by atoms with E-state index in [9.17, 15) is 22.0 Å². The largest absolute Gasteiger partial charge is 0.488 e. The summed E-state index contributed by atoms with van der Waals surface area (Å²) in [6, 6.07) is 0. The molecule has 0 atom stereocenters. The maximum Gasteiger partial charge on any atom is 0.206 e. The zero-order valence-electron chi connectivity index (χ0n) is 7.01. The molecule has 1 nitrogen and oxygen atoms in total. The lowest BCUT2D eigenvalue weighted by molar-refractivity contribution is 0.275. The Hall–Kier alpha value is -1.33. The van der Waals surface area contributed by atoms with Gasteiger partial charge in [-0.25, -0.2) is 13.2 Å². The van der Waals surface area contributed by atoms with E-state index in [1.54, 1.807) is 0 Å². The minimum Gasteiger partial charge on any atom is -0.488 e. The molecule has 1 rings (SSSR count). The molecule has 0 bridgehead atoms. The summed E-state index contributed by atoms with van der Waals surface area (Å²) in [7, 11) is 0. The van der Waals surface area contributed by atoms with Crippen molar-refractivity contribution in [3.8, 4) is 5.75 Å². The monoisotopic (exact) mass is 212 g/mol. The van der Waals surface area contributed by atoms with Crippen LogP contribution in [0.3, 0.4) is 0 Å². The Kier molecular flexibility index (Phi) is 2.93. The van der Waals surface area contributed by atoms with Crippen molar-refractivity contribution in [2.75, 3.05) is 6.61 Å². The molecular formula is C8H5F5O. The lowest BCUT2D eigenvalue weighted by Crippen LogP contribution is -2.06. The Morgan fingerprint density at radius 3 is 1.50 bits per heavy atom. The maximum atomic E-state index is 12.7. The third kappa shape index (κ3) is 1.51. The van der Waals surface area contributed by atoms with Gasteiger partial charge in [-0.3, -0.25) is 0 Å². The summed E-state index contributed by atoms with van der Waals surface area (Å²) in [5.74, 6) is -11.4. The zero-order chi connectivity index (χ0) is 10.9. The van der Waals surface area contributed by atoms with Crippen molar-refractivity contribution in [2.24, 2.45) is 0 Å². The molecule has 14 heavy (non-hydrogen) atoms. The molecule has 0 amide bonds. The molecule has 0 saturated carbocycles. The predicted molar refractivity (Wildman–Crippen MR) is 37.4 cm³/mol. The fourth-order valence-electron chi connectivity index (χ4n) is 0.856. The fraction of sp³-hybridized carbons (Fsp3) is 0.250. The number of halogens is 5. The van der Waals surface area contributed by atoms with E-state index in [0.29, 0.717) is 0 Å². The quantitative estimate of drug-likeness (QED) is 0.416. The fourth-order valence-corrected chi connectivity index (χ4v) is 0.856. The third-order valence-electron chi connectivity index (χ3n) is 1.46. The molecule has 0 N–H and O–H groups in total. The standard InChI is InChI=1S/C8H5F5O/c1-2-14-8-6(12)4(10)3(9)5(11)7(8)13/h2H2,1H3. The van der Waals surface area contributed by atoms with Gasteiger partial charge >= 0.3 is 0 Å². The summed E-state index contributed by atoms with van der Waals surface area (Å²) >= 11 is 0. The summed E-state index contributed by atoms with van der Waals surface area (Å²) in [6.07, 6.45) is 0. The Labute approximate surface area is 76.1 Å². The van der Waals surface area contributed by atoms with Crippen LogP contribution in [-0.2, 0) is 0 Å². The van der Waals surface area contributed by atoms with Crippen molar-refractivity contribution in [3.05, 3.63) is 29.1 Å². The van der Waals surface area contributed by atoms with Crippen LogP contribution < -0.4 is 4.74 Å². The van der Waals surface area contributed by atoms with E-state index >= 15 is 0 Å². The normalized spacial score (nSPS) is 10.4. The highest BCUT2D eigenvalue weighted by Gasteiger charge is 2.26. The van der Waals surface area contributed by atoms with E-state index in [0.717, 1.165) is 0 Å². The minimum atomic E-state index is -2.19. The molecule has 0 fully saturated rings. The van der Waals surface area contributed by atoms with Crippen molar-refractivity contribution < 1.29 is 26.7 Å². The summed E-state index contributed by atoms with van der Waals surface area (Å²) in [6.45, 7) is 1.16. The van der Waals surface area contributed by atoms with Gasteiger partial charge in [0.25, 0.3) is 0 Å². The molecule has 1 aromatic carbocycles. The van der Waals surface area contributed by atoms with E-state index in [1.807, 2.05) is 0 Å². The lowest BCUT2D eigenvalue weighted by Gasteiger charge is -2.07. The average Bonchev–Trinajstić information content (AvgIpc) is 2.19. The zero-order valence-corrected chi connectivity index (χ0v) is 7.01. The molecule has 1 aromatic rings. The first-order chi connectivity index (χ1) is 6.50. The van der Waals surface area contributed by atoms with Gasteiger partial charge in [-0.2, -0.15) is 8.78 Å². The first-order valence-electron chi connectivity index (χ1n) is 3.64. The van der Waals surface area contributed by atoms with Crippen LogP contribution in [0.2, 0.25) is 0 Å². The van der Waals surface area contributed by atoms with E-state index in [2.05, 4.69) is 4.74 Å². The molecule has 78 valence electrons. The second-order valence-electron chi connectivity index (χ2n) is 2.33. The first-order valence-corrected chi connectivity index (χ1v) is 3.64. The SMILES string of the molecule is CCOc1c(F)c(F)c(F)c(F)c1F. The molecule has 0 aromatic heterocycles. The van der Waals surface area contributed by atoms with Gasteiger partial charge in [-0.05, 0) is 6.92 Å². The predicted octanol–water partition coefficient (Wildman–Crippen LogP) is 2.78. The molecule has 0 aliphatic rings. The lowest BCUT2D eigenvalue weighted by atomic mass is 10.2. The van der Waals surface area contributed by atoms with Crippen LogP contribution in [0.4, 0.5) is 22.0 Å². The van der Waals surface area contributed by atoms with Crippen LogP contribution in [0.1, 0.15) is 6.92 Å². The van der Waals surface area contributed by atoms with E-state index in [4.69, 9.17) is 0 Å². The first kappa shape index (κ1) is 10.7. The van der Waals surface area contributed by atoms with Crippen molar-refractivity contribution in [1.82, 2.24) is 0 Å². The van der Waals surface area contributed by atoms with Crippen LogP contribution in [0, 0.1) is 29.1 Å². The van der Waals surface area contributed by atoms with Crippen LogP contribution in [0.25, 0.3) is 0 Å². The minimum absolute atomic E-state index is 0.196. The van der Waals surface area contributed by atoms with Crippen LogP contribution >= 0.6 is 0 Å². The van der Waals surface area contributed by atoms with Gasteiger partial charge in [0.2, 0.25) is 29.1 Å². The molecule has 0 spiro atoms. The summed E-state index contributed by atoms with van der Waals surface area (Å²) in [5.41, 5.74) is 0. The van der Waals surface area contributed by atoms with Crippen LogP contribution in [-0.4, -0.2) is 6.61 Å². The van der Waals surface area contributed by atoms with Crippen molar-refractivity contribution >= 4 is 0 Å². The van der Waals surface area contributed by atoms with Gasteiger partial charge in [-0.1, -0.05) is 0 Å². The number of hydrogen-bond donors (Lipinski definition) is 0. The molecule has 0 saturated heterocycles. The number of hydrogen-bond acceptors (Lipinski definition) is 1. The van der Waals surface area contributed by atoms with Gasteiger partial charge in [0.15, 0.2) is 5.75 Å². The molecule has 0 aliphatic carbocycles. The molecule has 0 unspecified atom stereocenters. The number of ether oxygens (including phenoxy) is 1. The van der Waals surface area contributed by atoms with Gasteiger partial charge in [0.1, 0.15) is 0 Å². The topological polar surface area (TPSA) is 9.23 Å². The highest BCUT2D eigenvalue weighted by molar-refractivity contribution is 5.29. The van der Waals surface area contributed by atoms with E-state index in [-0.39, 0.29) is 6.61 Å². The Morgan fingerprint density at radius 2 is 1.14 bits per heavy atom. The van der Waals surface area contributed by atoms with Crippen LogP contribution in [0.15, 0.2) is 0 Å². The second kappa shape index (κ2) is 3.81. The summed E-state index contributed by atoms with van der Waals surface area (Å²) < 4.78 is 67.2. The van der Waals surface area contributed by atoms with Gasteiger partial charge < -0.3 is 4.74 Å². The van der Waals surface area contributed by atoms with Gasteiger partial charge in [0, 0.05) is 0 Å². The Bertz CT molecular complexity index is 334. The Balaban J connectivity index is 3.43. The molecule has 0 radical (unpaired) electrons. The Morgan fingerprint density at radius 1 is 0.786 bits per heavy atom. The average molecular weight is 212 g/mol. The second-order valence-corrected chi connectivity index (χ2v) is 2.33. The van der Waals surface area contributed by atoms with Gasteiger partial charge in [0.05, 0.1) is 6.61 Å². The highest BCUT2D eigenvalue weighted by Crippen LogP contribution is 2.28. The molecular weight excluding hydrogens is 207 g/mol. The number of rotatable bonds is 2. The number of benzene rings is 1.